The standard InChI is InChI=1S/C31H32N6O6S2/c1-3-43-30(40)27-22-10-7-11-24(22)45-29(27)33-26(38)18-44-31-35-34-25(36(31)15-14-20-8-5-4-6-9-20)17-32-28(39)21-13-12-19(2)23(16-21)37(41)42/h4-6,8-9,12-13,16H,3,7,10-11,14-15,17-18H2,1-2H3,(H,32,39)(H,33,38). The molecule has 1 aliphatic carbocycles. The Morgan fingerprint density at radius 2 is 1.93 bits per heavy atom. The van der Waals surface area contributed by atoms with Gasteiger partial charge in [0, 0.05) is 28.6 Å². The monoisotopic (exact) mass is 648 g/mol. The third kappa shape index (κ3) is 7.57. The SMILES string of the molecule is CCOC(=O)c1c(NC(=O)CSc2nnc(CNC(=O)c3ccc(C)c([N+](=O)[O-])c3)n2CCc2ccccc2)sc2c1CCC2. The number of carbonyl (C=O) groups is 3. The van der Waals surface area contributed by atoms with Crippen LogP contribution in [0.2, 0.25) is 0 Å². The number of hydrogen-bond donors (Lipinski definition) is 2. The lowest BCUT2D eigenvalue weighted by atomic mass is 10.1. The summed E-state index contributed by atoms with van der Waals surface area (Å²) in [5.41, 5.74) is 3.01. The van der Waals surface area contributed by atoms with Gasteiger partial charge in [-0.25, -0.2) is 4.79 Å². The van der Waals surface area contributed by atoms with Crippen molar-refractivity contribution in [1.82, 2.24) is 20.1 Å². The Kier molecular flexibility index (Phi) is 10.2. The first kappa shape index (κ1) is 31.9. The summed E-state index contributed by atoms with van der Waals surface area (Å²) in [5.74, 6) is -0.702. The number of rotatable bonds is 13. The van der Waals surface area contributed by atoms with Crippen molar-refractivity contribution in [2.45, 2.75) is 57.8 Å². The van der Waals surface area contributed by atoms with E-state index in [0.717, 1.165) is 35.3 Å². The number of nitrogens with zero attached hydrogens (tertiary/aromatic N) is 4. The molecular weight excluding hydrogens is 617 g/mol. The Bertz CT molecular complexity index is 1740. The highest BCUT2D eigenvalue weighted by molar-refractivity contribution is 7.99. The third-order valence-corrected chi connectivity index (χ3v) is 9.50. The van der Waals surface area contributed by atoms with Gasteiger partial charge in [-0.3, -0.25) is 19.7 Å². The molecule has 2 amide bonds. The zero-order chi connectivity index (χ0) is 31.9. The van der Waals surface area contributed by atoms with Crippen LogP contribution in [0.15, 0.2) is 53.7 Å². The van der Waals surface area contributed by atoms with Crippen molar-refractivity contribution in [2.75, 3.05) is 17.7 Å². The molecule has 0 bridgehead atoms. The van der Waals surface area contributed by atoms with Crippen molar-refractivity contribution in [3.8, 4) is 0 Å². The molecule has 234 valence electrons. The Hall–Kier alpha value is -4.56. The first-order valence-corrected chi connectivity index (χ1v) is 16.3. The zero-order valence-electron chi connectivity index (χ0n) is 24.8. The summed E-state index contributed by atoms with van der Waals surface area (Å²) >= 11 is 2.62. The van der Waals surface area contributed by atoms with Crippen molar-refractivity contribution >= 4 is 51.6 Å². The van der Waals surface area contributed by atoms with Crippen molar-refractivity contribution in [1.29, 1.82) is 0 Å². The Morgan fingerprint density at radius 1 is 1.13 bits per heavy atom. The topological polar surface area (TPSA) is 158 Å². The van der Waals surface area contributed by atoms with E-state index in [-0.39, 0.29) is 36.1 Å². The summed E-state index contributed by atoms with van der Waals surface area (Å²) < 4.78 is 7.12. The van der Waals surface area contributed by atoms with Crippen LogP contribution in [0.1, 0.15) is 61.5 Å². The quantitative estimate of drug-likeness (QED) is 0.0868. The van der Waals surface area contributed by atoms with Crippen LogP contribution in [0.3, 0.4) is 0 Å². The Balaban J connectivity index is 1.29. The fourth-order valence-electron chi connectivity index (χ4n) is 5.08. The van der Waals surface area contributed by atoms with E-state index < -0.39 is 16.8 Å². The minimum Gasteiger partial charge on any atom is -0.462 e. The lowest BCUT2D eigenvalue weighted by Crippen LogP contribution is -2.25. The number of thiophene rings is 1. The molecule has 1 aliphatic rings. The van der Waals surface area contributed by atoms with Gasteiger partial charge in [-0.2, -0.15) is 0 Å². The first-order valence-electron chi connectivity index (χ1n) is 14.5. The lowest BCUT2D eigenvalue weighted by molar-refractivity contribution is -0.385. The number of hydrogen-bond acceptors (Lipinski definition) is 10. The van der Waals surface area contributed by atoms with Crippen LogP contribution in [0.25, 0.3) is 0 Å². The van der Waals surface area contributed by atoms with Crippen molar-refractivity contribution in [3.05, 3.63) is 97.2 Å². The minimum atomic E-state index is -0.519. The molecule has 2 N–H and O–H groups in total. The molecule has 0 unspecified atom stereocenters. The predicted molar refractivity (Wildman–Crippen MR) is 171 cm³/mol. The van der Waals surface area contributed by atoms with Crippen LogP contribution in [0.5, 0.6) is 0 Å². The van der Waals surface area contributed by atoms with Crippen LogP contribution in [0.4, 0.5) is 10.7 Å². The number of thioether (sulfide) groups is 1. The molecule has 0 saturated carbocycles. The molecule has 0 atom stereocenters. The normalized spacial score (nSPS) is 12.0. The number of esters is 1. The molecule has 0 fully saturated rings. The van der Waals surface area contributed by atoms with Gasteiger partial charge < -0.3 is 19.9 Å². The summed E-state index contributed by atoms with van der Waals surface area (Å²) in [7, 11) is 0. The second kappa shape index (κ2) is 14.5. The summed E-state index contributed by atoms with van der Waals surface area (Å²) in [5, 5.41) is 26.6. The summed E-state index contributed by atoms with van der Waals surface area (Å²) in [6.07, 6.45) is 3.30. The molecular formula is C31H32N6O6S2. The number of nitro groups is 1. The molecule has 4 aromatic rings. The smallest absolute Gasteiger partial charge is 0.341 e. The number of amides is 2. The van der Waals surface area contributed by atoms with Gasteiger partial charge in [0.15, 0.2) is 11.0 Å². The number of aryl methyl sites for hydroxylation is 3. The van der Waals surface area contributed by atoms with Gasteiger partial charge in [-0.05, 0) is 56.7 Å². The molecule has 2 aromatic heterocycles. The molecule has 5 rings (SSSR count). The number of ether oxygens (including phenoxy) is 1. The maximum Gasteiger partial charge on any atom is 0.341 e. The van der Waals surface area contributed by atoms with Crippen LogP contribution >= 0.6 is 23.1 Å². The van der Waals surface area contributed by atoms with Gasteiger partial charge >= 0.3 is 5.97 Å². The molecule has 0 radical (unpaired) electrons. The van der Waals surface area contributed by atoms with E-state index in [2.05, 4.69) is 20.8 Å². The van der Waals surface area contributed by atoms with Gasteiger partial charge in [0.2, 0.25) is 5.91 Å². The van der Waals surface area contributed by atoms with Gasteiger partial charge in [-0.1, -0.05) is 48.2 Å². The predicted octanol–water partition coefficient (Wildman–Crippen LogP) is 5.13. The molecule has 14 heteroatoms. The molecule has 0 saturated heterocycles. The Labute approximate surface area is 267 Å². The highest BCUT2D eigenvalue weighted by atomic mass is 32.2. The minimum absolute atomic E-state index is 0.0215. The largest absolute Gasteiger partial charge is 0.462 e. The van der Waals surface area contributed by atoms with E-state index >= 15 is 0 Å². The van der Waals surface area contributed by atoms with E-state index in [1.807, 2.05) is 34.9 Å². The fraction of sp³-hybridized carbons (Fsp3) is 0.323. The van der Waals surface area contributed by atoms with Crippen molar-refractivity contribution in [3.63, 3.8) is 0 Å². The highest BCUT2D eigenvalue weighted by Gasteiger charge is 2.28. The Morgan fingerprint density at radius 3 is 2.69 bits per heavy atom. The maximum absolute atomic E-state index is 13.1. The molecule has 0 spiro atoms. The maximum atomic E-state index is 13.1. The van der Waals surface area contributed by atoms with E-state index in [9.17, 15) is 24.5 Å². The van der Waals surface area contributed by atoms with E-state index in [1.165, 1.54) is 41.3 Å². The summed E-state index contributed by atoms with van der Waals surface area (Å²) in [6, 6.07) is 14.2. The fourth-order valence-corrected chi connectivity index (χ4v) is 7.16. The first-order chi connectivity index (χ1) is 21.7. The lowest BCUT2D eigenvalue weighted by Gasteiger charge is -2.12. The molecule has 2 heterocycles. The van der Waals surface area contributed by atoms with Gasteiger partial charge in [0.05, 0.1) is 29.4 Å². The van der Waals surface area contributed by atoms with Gasteiger partial charge in [0.25, 0.3) is 11.6 Å². The second-order valence-corrected chi connectivity index (χ2v) is 12.4. The molecule has 0 aliphatic heterocycles. The highest BCUT2D eigenvalue weighted by Crippen LogP contribution is 2.39. The number of nitro benzene ring substituents is 1. The van der Waals surface area contributed by atoms with Crippen LogP contribution < -0.4 is 10.6 Å². The third-order valence-electron chi connectivity index (χ3n) is 7.32. The van der Waals surface area contributed by atoms with E-state index in [1.54, 1.807) is 13.8 Å². The zero-order valence-corrected chi connectivity index (χ0v) is 26.5. The molecule has 12 nitrogen and oxygen atoms in total. The van der Waals surface area contributed by atoms with Gasteiger partial charge in [-0.15, -0.1) is 21.5 Å². The number of benzene rings is 2. The number of aromatic nitrogens is 3. The number of carbonyl (C=O) groups excluding carboxylic acids is 3. The van der Waals surface area contributed by atoms with Crippen LogP contribution in [0, 0.1) is 17.0 Å². The van der Waals surface area contributed by atoms with Crippen LogP contribution in [-0.4, -0.2) is 49.8 Å². The summed E-state index contributed by atoms with van der Waals surface area (Å²) in [6.45, 7) is 4.13. The van der Waals surface area contributed by atoms with Crippen molar-refractivity contribution in [2.24, 2.45) is 0 Å². The number of anilines is 1. The average Bonchev–Trinajstić information content (AvgIpc) is 3.73. The second-order valence-electron chi connectivity index (χ2n) is 10.3. The number of fused-ring (bicyclic) bond motifs is 1. The van der Waals surface area contributed by atoms with Gasteiger partial charge in [0.1, 0.15) is 5.00 Å². The van der Waals surface area contributed by atoms with E-state index in [0.29, 0.717) is 40.1 Å². The molecule has 45 heavy (non-hydrogen) atoms. The van der Waals surface area contributed by atoms with Crippen molar-refractivity contribution < 1.29 is 24.0 Å². The van der Waals surface area contributed by atoms with E-state index in [4.69, 9.17) is 4.74 Å². The number of nitrogens with one attached hydrogen (secondary N) is 2. The summed E-state index contributed by atoms with van der Waals surface area (Å²) in [4.78, 5) is 50.6. The van der Waals surface area contributed by atoms with Crippen LogP contribution in [-0.2, 0) is 41.9 Å². The molecule has 2 aromatic carbocycles. The average molecular weight is 649 g/mol.